The van der Waals surface area contributed by atoms with Crippen molar-refractivity contribution in [2.24, 2.45) is 0 Å². The van der Waals surface area contributed by atoms with Crippen LogP contribution in [0.1, 0.15) is 16.7 Å². The predicted molar refractivity (Wildman–Crippen MR) is 82.5 cm³/mol. The summed E-state index contributed by atoms with van der Waals surface area (Å²) >= 11 is 0. The van der Waals surface area contributed by atoms with E-state index in [1.54, 1.807) is 14.2 Å². The molecular weight excluding hydrogens is 266 g/mol. The molecule has 0 atom stereocenters. The summed E-state index contributed by atoms with van der Waals surface area (Å²) in [4.78, 5) is 0. The normalized spacial score (nSPS) is 10.4. The number of aliphatic hydroxyl groups excluding tert-OH is 1. The van der Waals surface area contributed by atoms with Crippen LogP contribution in [0.5, 0.6) is 11.5 Å². The molecule has 2 rings (SSSR count). The van der Waals surface area contributed by atoms with Crippen molar-refractivity contribution in [3.05, 3.63) is 59.2 Å². The van der Waals surface area contributed by atoms with E-state index in [-0.39, 0.29) is 6.61 Å². The highest BCUT2D eigenvalue weighted by Gasteiger charge is 2.08. The molecule has 0 heterocycles. The van der Waals surface area contributed by atoms with Crippen LogP contribution in [0.25, 0.3) is 0 Å². The lowest BCUT2D eigenvalue weighted by molar-refractivity contribution is 0.282. The molecule has 0 saturated carbocycles. The molecule has 0 aromatic heterocycles. The molecule has 4 nitrogen and oxygen atoms in total. The van der Waals surface area contributed by atoms with Gasteiger partial charge < -0.3 is 19.9 Å². The van der Waals surface area contributed by atoms with Crippen LogP contribution < -0.4 is 14.8 Å². The highest BCUT2D eigenvalue weighted by molar-refractivity contribution is 5.46. The van der Waals surface area contributed by atoms with Gasteiger partial charge in [0.2, 0.25) is 0 Å². The smallest absolute Gasteiger partial charge is 0.165 e. The van der Waals surface area contributed by atoms with E-state index in [4.69, 9.17) is 14.6 Å². The van der Waals surface area contributed by atoms with E-state index in [0.29, 0.717) is 6.54 Å². The maximum atomic E-state index is 9.02. The van der Waals surface area contributed by atoms with E-state index in [0.717, 1.165) is 29.2 Å². The first-order valence-electron chi connectivity index (χ1n) is 6.87. The molecule has 0 aliphatic rings. The fourth-order valence-corrected chi connectivity index (χ4v) is 2.20. The Morgan fingerprint density at radius 2 is 1.62 bits per heavy atom. The fraction of sp³-hybridized carbons (Fsp3) is 0.294. The fourth-order valence-electron chi connectivity index (χ4n) is 2.20. The van der Waals surface area contributed by atoms with Gasteiger partial charge in [-0.2, -0.15) is 0 Å². The van der Waals surface area contributed by atoms with Crippen molar-refractivity contribution in [3.63, 3.8) is 0 Å². The Morgan fingerprint density at radius 1 is 0.905 bits per heavy atom. The highest BCUT2D eigenvalue weighted by Crippen LogP contribution is 2.30. The lowest BCUT2D eigenvalue weighted by Gasteiger charge is -2.13. The number of nitrogens with one attached hydrogen (secondary N) is 1. The van der Waals surface area contributed by atoms with Crippen molar-refractivity contribution in [1.82, 2.24) is 5.32 Å². The number of aliphatic hydroxyl groups is 1. The maximum absolute atomic E-state index is 9.02. The number of benzene rings is 2. The summed E-state index contributed by atoms with van der Waals surface area (Å²) in [5.74, 6) is 1.51. The molecular formula is C17H21NO3. The zero-order chi connectivity index (χ0) is 15.1. The number of hydrogen-bond acceptors (Lipinski definition) is 4. The summed E-state index contributed by atoms with van der Waals surface area (Å²) in [6.45, 7) is 1.53. The molecule has 4 heteroatoms. The number of para-hydroxylation sites is 1. The van der Waals surface area contributed by atoms with Crippen molar-refractivity contribution in [3.8, 4) is 11.5 Å². The molecule has 0 spiro atoms. The predicted octanol–water partition coefficient (Wildman–Crippen LogP) is 2.49. The van der Waals surface area contributed by atoms with Crippen LogP contribution in [0.2, 0.25) is 0 Å². The molecule has 2 aromatic carbocycles. The number of methoxy groups -OCH3 is 2. The minimum absolute atomic E-state index is 0.0781. The lowest BCUT2D eigenvalue weighted by atomic mass is 10.1. The lowest BCUT2D eigenvalue weighted by Crippen LogP contribution is -2.13. The van der Waals surface area contributed by atoms with Crippen molar-refractivity contribution >= 4 is 0 Å². The van der Waals surface area contributed by atoms with Gasteiger partial charge in [0.25, 0.3) is 0 Å². The van der Waals surface area contributed by atoms with E-state index in [9.17, 15) is 0 Å². The van der Waals surface area contributed by atoms with Crippen LogP contribution in [0.15, 0.2) is 42.5 Å². The summed E-state index contributed by atoms with van der Waals surface area (Å²) in [6, 6.07) is 13.8. The molecule has 2 aromatic rings. The minimum atomic E-state index is 0.0781. The zero-order valence-electron chi connectivity index (χ0n) is 12.4. The van der Waals surface area contributed by atoms with E-state index in [2.05, 4.69) is 5.32 Å². The van der Waals surface area contributed by atoms with Crippen LogP contribution >= 0.6 is 0 Å². The molecule has 0 saturated heterocycles. The van der Waals surface area contributed by atoms with Crippen LogP contribution in [-0.4, -0.2) is 19.3 Å². The van der Waals surface area contributed by atoms with Crippen molar-refractivity contribution in [2.45, 2.75) is 19.7 Å². The second kappa shape index (κ2) is 7.67. The average molecular weight is 287 g/mol. The van der Waals surface area contributed by atoms with Gasteiger partial charge in [-0.15, -0.1) is 0 Å². The third kappa shape index (κ3) is 3.97. The Bertz CT molecular complexity index is 567. The Balaban J connectivity index is 1.96. The van der Waals surface area contributed by atoms with E-state index < -0.39 is 0 Å². The van der Waals surface area contributed by atoms with Gasteiger partial charge in [-0.3, -0.25) is 0 Å². The first kappa shape index (κ1) is 15.4. The van der Waals surface area contributed by atoms with Gasteiger partial charge in [0.1, 0.15) is 0 Å². The Morgan fingerprint density at radius 3 is 2.24 bits per heavy atom. The Labute approximate surface area is 125 Å². The summed E-state index contributed by atoms with van der Waals surface area (Å²) in [5, 5.41) is 12.4. The summed E-state index contributed by atoms with van der Waals surface area (Å²) < 4.78 is 10.7. The van der Waals surface area contributed by atoms with Crippen molar-refractivity contribution in [1.29, 1.82) is 0 Å². The van der Waals surface area contributed by atoms with Gasteiger partial charge in [-0.25, -0.2) is 0 Å². The van der Waals surface area contributed by atoms with E-state index >= 15 is 0 Å². The summed E-state index contributed by atoms with van der Waals surface area (Å²) in [6.07, 6.45) is 0. The Hall–Kier alpha value is -2.04. The molecule has 0 aliphatic heterocycles. The molecule has 0 fully saturated rings. The number of rotatable bonds is 7. The average Bonchev–Trinajstić information content (AvgIpc) is 2.55. The molecule has 0 aliphatic carbocycles. The number of hydrogen-bond donors (Lipinski definition) is 2. The SMILES string of the molecule is COc1cccc(CNCc2ccc(CO)cc2)c1OC. The van der Waals surface area contributed by atoms with Crippen LogP contribution in [0, 0.1) is 0 Å². The molecule has 0 radical (unpaired) electrons. The van der Waals surface area contributed by atoms with Crippen LogP contribution in [0.3, 0.4) is 0 Å². The molecule has 21 heavy (non-hydrogen) atoms. The second-order valence-electron chi connectivity index (χ2n) is 4.73. The van der Waals surface area contributed by atoms with Gasteiger partial charge in [0.15, 0.2) is 11.5 Å². The first-order valence-corrected chi connectivity index (χ1v) is 6.87. The molecule has 2 N–H and O–H groups in total. The van der Waals surface area contributed by atoms with Gasteiger partial charge in [0.05, 0.1) is 20.8 Å². The van der Waals surface area contributed by atoms with Crippen LogP contribution in [-0.2, 0) is 19.7 Å². The molecule has 0 amide bonds. The third-order valence-electron chi connectivity index (χ3n) is 3.33. The Kier molecular flexibility index (Phi) is 5.60. The third-order valence-corrected chi connectivity index (χ3v) is 3.33. The van der Waals surface area contributed by atoms with Gasteiger partial charge in [0, 0.05) is 18.7 Å². The zero-order valence-corrected chi connectivity index (χ0v) is 12.4. The standard InChI is InChI=1S/C17H21NO3/c1-20-16-5-3-4-15(17(16)21-2)11-18-10-13-6-8-14(12-19)9-7-13/h3-9,18-19H,10-12H2,1-2H3. The van der Waals surface area contributed by atoms with E-state index in [1.165, 1.54) is 5.56 Å². The van der Waals surface area contributed by atoms with Gasteiger partial charge in [-0.05, 0) is 17.2 Å². The van der Waals surface area contributed by atoms with Gasteiger partial charge in [-0.1, -0.05) is 36.4 Å². The highest BCUT2D eigenvalue weighted by atomic mass is 16.5. The maximum Gasteiger partial charge on any atom is 0.165 e. The van der Waals surface area contributed by atoms with Crippen molar-refractivity contribution in [2.75, 3.05) is 14.2 Å². The van der Waals surface area contributed by atoms with E-state index in [1.807, 2.05) is 42.5 Å². The van der Waals surface area contributed by atoms with Crippen LogP contribution in [0.4, 0.5) is 0 Å². The minimum Gasteiger partial charge on any atom is -0.493 e. The number of ether oxygens (including phenoxy) is 2. The van der Waals surface area contributed by atoms with Crippen molar-refractivity contribution < 1.29 is 14.6 Å². The topological polar surface area (TPSA) is 50.7 Å². The summed E-state index contributed by atoms with van der Waals surface area (Å²) in [7, 11) is 3.28. The molecule has 0 bridgehead atoms. The first-order chi connectivity index (χ1) is 10.3. The molecule has 0 unspecified atom stereocenters. The molecule has 112 valence electrons. The monoisotopic (exact) mass is 287 g/mol. The quantitative estimate of drug-likeness (QED) is 0.821. The second-order valence-corrected chi connectivity index (χ2v) is 4.73. The summed E-state index contributed by atoms with van der Waals surface area (Å²) in [5.41, 5.74) is 3.16. The largest absolute Gasteiger partial charge is 0.493 e. The van der Waals surface area contributed by atoms with Gasteiger partial charge >= 0.3 is 0 Å².